The fourth-order valence-corrected chi connectivity index (χ4v) is 1.63. The number of nitriles is 1. The average molecular weight is 257 g/mol. The normalized spacial score (nSPS) is 18.6. The van der Waals surface area contributed by atoms with Gasteiger partial charge in [-0.2, -0.15) is 5.26 Å². The summed E-state index contributed by atoms with van der Waals surface area (Å²) in [6.07, 6.45) is 0.845. The highest BCUT2D eigenvalue weighted by molar-refractivity contribution is 5.99. The molecule has 1 aromatic carbocycles. The molecule has 1 aliphatic rings. The predicted molar refractivity (Wildman–Crippen MR) is 65.5 cm³/mol. The smallest absolute Gasteiger partial charge is 0.349 e. The summed E-state index contributed by atoms with van der Waals surface area (Å²) in [5.74, 6) is -1.37. The molecule has 96 valence electrons. The van der Waals surface area contributed by atoms with Crippen molar-refractivity contribution < 1.29 is 19.1 Å². The maximum absolute atomic E-state index is 11.8. The van der Waals surface area contributed by atoms with E-state index >= 15 is 0 Å². The maximum Gasteiger partial charge on any atom is 0.349 e. The summed E-state index contributed by atoms with van der Waals surface area (Å²) in [4.78, 5) is 22.9. The van der Waals surface area contributed by atoms with Gasteiger partial charge in [0, 0.05) is 6.42 Å². The van der Waals surface area contributed by atoms with Gasteiger partial charge in [-0.05, 0) is 11.6 Å². The molecule has 0 spiro atoms. The molecule has 1 saturated heterocycles. The van der Waals surface area contributed by atoms with Gasteiger partial charge in [0.2, 0.25) is 6.10 Å². The van der Waals surface area contributed by atoms with E-state index in [0.29, 0.717) is 12.0 Å². The maximum atomic E-state index is 11.8. The molecule has 1 aromatic rings. The molecule has 0 aliphatic carbocycles. The van der Waals surface area contributed by atoms with Crippen LogP contribution in [0.1, 0.15) is 12.0 Å². The van der Waals surface area contributed by atoms with Gasteiger partial charge in [0.25, 0.3) is 0 Å². The molecule has 19 heavy (non-hydrogen) atoms. The topological polar surface area (TPSA) is 76.4 Å². The number of carbonyl (C=O) groups is 2. The molecule has 0 radical (unpaired) electrons. The molecule has 1 heterocycles. The number of hydrogen-bond acceptors (Lipinski definition) is 5. The minimum Gasteiger partial charge on any atom is -0.463 e. The molecule has 0 saturated carbocycles. The lowest BCUT2D eigenvalue weighted by molar-refractivity contribution is -0.157. The summed E-state index contributed by atoms with van der Waals surface area (Å²) < 4.78 is 9.62. The molecule has 5 heteroatoms. The Morgan fingerprint density at radius 2 is 2.16 bits per heavy atom. The largest absolute Gasteiger partial charge is 0.463 e. The lowest BCUT2D eigenvalue weighted by atomic mass is 10.1. The number of benzene rings is 1. The minimum atomic E-state index is -0.903. The van der Waals surface area contributed by atoms with Gasteiger partial charge < -0.3 is 9.47 Å². The fraction of sp³-hybridized carbons (Fsp3) is 0.214. The first kappa shape index (κ1) is 12.8. The van der Waals surface area contributed by atoms with Gasteiger partial charge in [0.05, 0.1) is 6.61 Å². The lowest BCUT2D eigenvalue weighted by Gasteiger charge is -2.07. The Morgan fingerprint density at radius 1 is 1.42 bits per heavy atom. The van der Waals surface area contributed by atoms with Crippen LogP contribution < -0.4 is 0 Å². The van der Waals surface area contributed by atoms with Crippen LogP contribution in [0.3, 0.4) is 0 Å². The number of rotatable bonds is 3. The second kappa shape index (κ2) is 5.83. The van der Waals surface area contributed by atoms with E-state index in [9.17, 15) is 9.59 Å². The van der Waals surface area contributed by atoms with Gasteiger partial charge in [0.15, 0.2) is 0 Å². The van der Waals surface area contributed by atoms with E-state index in [1.54, 1.807) is 30.3 Å². The molecule has 1 fully saturated rings. The van der Waals surface area contributed by atoms with Crippen LogP contribution in [0.15, 0.2) is 35.9 Å². The highest BCUT2D eigenvalue weighted by Crippen LogP contribution is 2.14. The van der Waals surface area contributed by atoms with Crippen molar-refractivity contribution in [1.82, 2.24) is 0 Å². The summed E-state index contributed by atoms with van der Waals surface area (Å²) in [5, 5.41) is 8.96. The Morgan fingerprint density at radius 3 is 2.74 bits per heavy atom. The van der Waals surface area contributed by atoms with Gasteiger partial charge in [-0.1, -0.05) is 30.3 Å². The first-order valence-corrected chi connectivity index (χ1v) is 5.75. The molecule has 0 unspecified atom stereocenters. The first-order valence-electron chi connectivity index (χ1n) is 5.75. The Bertz CT molecular complexity index is 557. The quantitative estimate of drug-likeness (QED) is 0.465. The Hall–Kier alpha value is -2.61. The van der Waals surface area contributed by atoms with E-state index in [1.807, 2.05) is 6.07 Å². The Labute approximate surface area is 110 Å². The van der Waals surface area contributed by atoms with Crippen molar-refractivity contribution in [3.63, 3.8) is 0 Å². The van der Waals surface area contributed by atoms with Gasteiger partial charge in [-0.15, -0.1) is 0 Å². The predicted octanol–water partition coefficient (Wildman–Crippen LogP) is 1.45. The van der Waals surface area contributed by atoms with Crippen LogP contribution in [-0.4, -0.2) is 24.6 Å². The van der Waals surface area contributed by atoms with Gasteiger partial charge in [-0.25, -0.2) is 9.59 Å². The number of carbonyl (C=O) groups excluding carboxylic acids is 2. The fourth-order valence-electron chi connectivity index (χ4n) is 1.63. The standard InChI is InChI=1S/C14H11NO4/c15-9-11(8-10-4-2-1-3-5-10)13(16)19-12-6-7-18-14(12)17/h1-5,8,12H,6-7H2/b11-8+/t12-/m1/s1. The van der Waals surface area contributed by atoms with Gasteiger partial charge >= 0.3 is 11.9 Å². The molecule has 2 rings (SSSR count). The van der Waals surface area contributed by atoms with E-state index in [4.69, 9.17) is 10.00 Å². The van der Waals surface area contributed by atoms with Crippen LogP contribution in [-0.2, 0) is 19.1 Å². The van der Waals surface area contributed by atoms with Crippen molar-refractivity contribution in [3.05, 3.63) is 41.5 Å². The summed E-state index contributed by atoms with van der Waals surface area (Å²) in [6, 6.07) is 10.7. The summed E-state index contributed by atoms with van der Waals surface area (Å²) in [5.41, 5.74) is 0.566. The van der Waals surface area contributed by atoms with Crippen LogP contribution in [0.25, 0.3) is 6.08 Å². The van der Waals surface area contributed by atoms with Crippen molar-refractivity contribution in [1.29, 1.82) is 5.26 Å². The van der Waals surface area contributed by atoms with E-state index in [1.165, 1.54) is 6.08 Å². The molecule has 0 amide bonds. The molecule has 1 atom stereocenters. The van der Waals surface area contributed by atoms with Crippen LogP contribution >= 0.6 is 0 Å². The Kier molecular flexibility index (Phi) is 3.94. The molecule has 5 nitrogen and oxygen atoms in total. The van der Waals surface area contributed by atoms with Crippen LogP contribution in [0, 0.1) is 11.3 Å². The SMILES string of the molecule is N#C/C(=C\c1ccccc1)C(=O)O[C@@H]1CCOC1=O. The zero-order chi connectivity index (χ0) is 13.7. The second-order valence-electron chi connectivity index (χ2n) is 3.93. The molecular weight excluding hydrogens is 246 g/mol. The number of nitrogens with zero attached hydrogens (tertiary/aromatic N) is 1. The number of esters is 2. The van der Waals surface area contributed by atoms with Gasteiger partial charge in [-0.3, -0.25) is 0 Å². The van der Waals surface area contributed by atoms with Crippen LogP contribution in [0.2, 0.25) is 0 Å². The zero-order valence-electron chi connectivity index (χ0n) is 10.0. The van der Waals surface area contributed by atoms with Crippen LogP contribution in [0.5, 0.6) is 0 Å². The Balaban J connectivity index is 2.10. The van der Waals surface area contributed by atoms with Crippen molar-refractivity contribution in [2.24, 2.45) is 0 Å². The number of hydrogen-bond donors (Lipinski definition) is 0. The third-order valence-corrected chi connectivity index (χ3v) is 2.59. The highest BCUT2D eigenvalue weighted by Gasteiger charge is 2.31. The van der Waals surface area contributed by atoms with E-state index in [2.05, 4.69) is 4.74 Å². The zero-order valence-corrected chi connectivity index (χ0v) is 10.0. The molecular formula is C14H11NO4. The molecule has 0 bridgehead atoms. The first-order chi connectivity index (χ1) is 9.20. The lowest BCUT2D eigenvalue weighted by Crippen LogP contribution is -2.23. The minimum absolute atomic E-state index is 0.147. The van der Waals surface area contributed by atoms with Crippen molar-refractivity contribution >= 4 is 18.0 Å². The summed E-state index contributed by atoms with van der Waals surface area (Å²) in [7, 11) is 0. The average Bonchev–Trinajstić information content (AvgIpc) is 2.82. The summed E-state index contributed by atoms with van der Waals surface area (Å²) in [6.45, 7) is 0.237. The van der Waals surface area contributed by atoms with Crippen molar-refractivity contribution in [3.8, 4) is 6.07 Å². The number of ether oxygens (including phenoxy) is 2. The third kappa shape index (κ3) is 3.19. The monoisotopic (exact) mass is 257 g/mol. The van der Waals surface area contributed by atoms with Crippen LogP contribution in [0.4, 0.5) is 0 Å². The molecule has 0 N–H and O–H groups in total. The molecule has 1 aliphatic heterocycles. The second-order valence-corrected chi connectivity index (χ2v) is 3.93. The van der Waals surface area contributed by atoms with E-state index in [0.717, 1.165) is 0 Å². The highest BCUT2D eigenvalue weighted by atomic mass is 16.6. The third-order valence-electron chi connectivity index (χ3n) is 2.59. The van der Waals surface area contributed by atoms with E-state index < -0.39 is 18.0 Å². The number of cyclic esters (lactones) is 1. The van der Waals surface area contributed by atoms with E-state index in [-0.39, 0.29) is 12.2 Å². The summed E-state index contributed by atoms with van der Waals surface area (Å²) >= 11 is 0. The van der Waals surface area contributed by atoms with Crippen molar-refractivity contribution in [2.75, 3.05) is 6.61 Å². The van der Waals surface area contributed by atoms with Crippen molar-refractivity contribution in [2.45, 2.75) is 12.5 Å². The van der Waals surface area contributed by atoms with Gasteiger partial charge in [0.1, 0.15) is 11.6 Å². The molecule has 0 aromatic heterocycles.